The van der Waals surface area contributed by atoms with Gasteiger partial charge in [-0.15, -0.1) is 0 Å². The molecule has 1 aliphatic carbocycles. The van der Waals surface area contributed by atoms with E-state index in [0.29, 0.717) is 40.6 Å². The average molecular weight is 794 g/mol. The molecule has 290 valence electrons. The van der Waals surface area contributed by atoms with Crippen molar-refractivity contribution in [3.05, 3.63) is 102 Å². The first-order chi connectivity index (χ1) is 26.7. The van der Waals surface area contributed by atoms with E-state index in [9.17, 15) is 37.5 Å². The Morgan fingerprint density at radius 1 is 0.929 bits per heavy atom. The maximum Gasteiger partial charge on any atom is 0.422 e. The molecule has 2 aromatic heterocycles. The van der Waals surface area contributed by atoms with Gasteiger partial charge in [-0.1, -0.05) is 35.9 Å². The summed E-state index contributed by atoms with van der Waals surface area (Å²) in [5.41, 5.74) is 1.61. The topological polar surface area (TPSA) is 223 Å². The zero-order chi connectivity index (χ0) is 39.9. The van der Waals surface area contributed by atoms with Crippen molar-refractivity contribution in [2.24, 2.45) is 0 Å². The molecule has 2 heterocycles. The standard InChI is InChI=1S/C36H31ClF3N9O7/c37-23-8-6-22(7-9-23)35(13-14-35)49-33-46-32(47-34(48-33)55-18-36(38,39)40)44-24-10-4-20(5-11-24)28(50)45-26(31(53)54)12-15-42-29(51)30(52)43-25-3-1-2-21(16-25)27-17-41-19-56-27/h1-11,16-17,19,26H,12-15,18H2,(H,42,51)(H,43,52)(H,45,50)(H,53,54)(H2,44,46,47,48,49)/t26-/m0/s1. The zero-order valence-electron chi connectivity index (χ0n) is 28.9. The molecule has 0 unspecified atom stereocenters. The van der Waals surface area contributed by atoms with Crippen LogP contribution in [0.25, 0.3) is 11.3 Å². The van der Waals surface area contributed by atoms with E-state index in [1.807, 2.05) is 12.1 Å². The number of nitrogens with zero attached hydrogens (tertiary/aromatic N) is 4. The number of carbonyl (C=O) groups excluding carboxylic acids is 3. The molecule has 0 spiro atoms. The maximum absolute atomic E-state index is 13.0. The predicted molar refractivity (Wildman–Crippen MR) is 194 cm³/mol. The highest BCUT2D eigenvalue weighted by molar-refractivity contribution is 6.39. The Morgan fingerprint density at radius 2 is 1.66 bits per heavy atom. The minimum absolute atomic E-state index is 0.0477. The average Bonchev–Trinajstić information content (AvgIpc) is 3.72. The Kier molecular flexibility index (Phi) is 11.6. The number of alkyl halides is 3. The van der Waals surface area contributed by atoms with Gasteiger partial charge < -0.3 is 40.8 Å². The zero-order valence-corrected chi connectivity index (χ0v) is 29.6. The summed E-state index contributed by atoms with van der Waals surface area (Å²) in [5, 5.41) is 23.4. The number of carboxylic acids is 1. The second kappa shape index (κ2) is 16.7. The number of nitrogens with one attached hydrogen (secondary N) is 5. The fraction of sp³-hybridized carbons (Fsp3) is 0.222. The monoisotopic (exact) mass is 793 g/mol. The number of aliphatic carboxylic acids is 1. The lowest BCUT2D eigenvalue weighted by atomic mass is 10.1. The van der Waals surface area contributed by atoms with Gasteiger partial charge in [0.1, 0.15) is 6.04 Å². The Labute approximate surface area is 320 Å². The lowest BCUT2D eigenvalue weighted by Gasteiger charge is -2.19. The summed E-state index contributed by atoms with van der Waals surface area (Å²) >= 11 is 6.02. The van der Waals surface area contributed by atoms with Gasteiger partial charge in [0.2, 0.25) is 11.9 Å². The van der Waals surface area contributed by atoms with Crippen molar-refractivity contribution in [2.45, 2.75) is 37.0 Å². The molecule has 1 aliphatic rings. The first-order valence-electron chi connectivity index (χ1n) is 16.7. The number of oxazole rings is 1. The van der Waals surface area contributed by atoms with Crippen LogP contribution in [0.2, 0.25) is 5.02 Å². The van der Waals surface area contributed by atoms with Crippen LogP contribution in [0.1, 0.15) is 35.2 Å². The molecule has 3 amide bonds. The molecule has 0 saturated heterocycles. The molecule has 3 aromatic carbocycles. The molecule has 0 aliphatic heterocycles. The molecule has 1 saturated carbocycles. The van der Waals surface area contributed by atoms with Gasteiger partial charge in [-0.2, -0.15) is 28.1 Å². The summed E-state index contributed by atoms with van der Waals surface area (Å²) in [6, 6.07) is 17.2. The number of rotatable bonds is 15. The van der Waals surface area contributed by atoms with Crippen molar-refractivity contribution in [3.8, 4) is 17.3 Å². The van der Waals surface area contributed by atoms with E-state index in [1.54, 1.807) is 36.4 Å². The Hall–Kier alpha value is -6.76. The second-order valence-electron chi connectivity index (χ2n) is 12.4. The highest BCUT2D eigenvalue weighted by Crippen LogP contribution is 2.48. The number of halogens is 4. The van der Waals surface area contributed by atoms with Crippen LogP contribution in [0.4, 0.5) is 36.4 Å². The summed E-state index contributed by atoms with van der Waals surface area (Å²) in [7, 11) is 0. The smallest absolute Gasteiger partial charge is 0.422 e. The summed E-state index contributed by atoms with van der Waals surface area (Å²) in [6.45, 7) is -1.90. The van der Waals surface area contributed by atoms with Crippen molar-refractivity contribution in [1.82, 2.24) is 30.6 Å². The maximum atomic E-state index is 13.0. The normalized spacial score (nSPS) is 13.5. The number of benzene rings is 3. The molecule has 20 heteroatoms. The number of amides is 3. The molecular formula is C36H31ClF3N9O7. The van der Waals surface area contributed by atoms with Crippen LogP contribution < -0.4 is 31.3 Å². The number of anilines is 4. The summed E-state index contributed by atoms with van der Waals surface area (Å²) < 4.78 is 48.9. The number of aromatic nitrogens is 4. The van der Waals surface area contributed by atoms with Crippen LogP contribution in [-0.2, 0) is 19.9 Å². The number of carboxylic acid groups (broad SMARTS) is 1. The van der Waals surface area contributed by atoms with Gasteiger partial charge in [0.25, 0.3) is 5.91 Å². The SMILES string of the molecule is O=C(NCC[C@H](NC(=O)c1ccc(Nc2nc(NC3(c4ccc(Cl)cc4)CC3)nc(OCC(F)(F)F)n2)cc1)C(=O)O)C(=O)Nc1cccc(-c2cnco2)c1. The van der Waals surface area contributed by atoms with Gasteiger partial charge in [-0.05, 0) is 73.4 Å². The van der Waals surface area contributed by atoms with Gasteiger partial charge in [0.05, 0.1) is 11.7 Å². The van der Waals surface area contributed by atoms with Crippen molar-refractivity contribution < 1.29 is 46.6 Å². The molecule has 6 rings (SSSR count). The lowest BCUT2D eigenvalue weighted by molar-refractivity contribution is -0.154. The van der Waals surface area contributed by atoms with Crippen LogP contribution in [-0.4, -0.2) is 74.1 Å². The van der Waals surface area contributed by atoms with Gasteiger partial charge in [0, 0.05) is 34.1 Å². The van der Waals surface area contributed by atoms with Crippen LogP contribution >= 0.6 is 11.6 Å². The van der Waals surface area contributed by atoms with Gasteiger partial charge in [-0.3, -0.25) is 14.4 Å². The van der Waals surface area contributed by atoms with E-state index >= 15 is 0 Å². The third-order valence-electron chi connectivity index (χ3n) is 8.25. The van der Waals surface area contributed by atoms with Crippen LogP contribution in [0, 0.1) is 0 Å². The van der Waals surface area contributed by atoms with Gasteiger partial charge in [-0.25, -0.2) is 9.78 Å². The molecular weight excluding hydrogens is 763 g/mol. The molecule has 0 radical (unpaired) electrons. The Balaban J connectivity index is 1.04. The number of hydrogen-bond acceptors (Lipinski definition) is 12. The largest absolute Gasteiger partial charge is 0.480 e. The summed E-state index contributed by atoms with van der Waals surface area (Å²) in [4.78, 5) is 65.8. The van der Waals surface area contributed by atoms with Crippen molar-refractivity contribution in [1.29, 1.82) is 0 Å². The van der Waals surface area contributed by atoms with E-state index in [1.165, 1.54) is 36.9 Å². The first-order valence-corrected chi connectivity index (χ1v) is 17.1. The van der Waals surface area contributed by atoms with E-state index < -0.39 is 54.1 Å². The van der Waals surface area contributed by atoms with Crippen molar-refractivity contribution in [3.63, 3.8) is 0 Å². The van der Waals surface area contributed by atoms with Crippen LogP contribution in [0.15, 0.2) is 89.8 Å². The molecule has 0 bridgehead atoms. The summed E-state index contributed by atoms with van der Waals surface area (Å²) in [6.07, 6.45) is -0.778. The number of hydrogen-bond donors (Lipinski definition) is 6. The van der Waals surface area contributed by atoms with Crippen LogP contribution in [0.5, 0.6) is 6.01 Å². The number of carbonyl (C=O) groups is 4. The van der Waals surface area contributed by atoms with E-state index in [-0.39, 0.29) is 30.4 Å². The highest BCUT2D eigenvalue weighted by Gasteiger charge is 2.45. The van der Waals surface area contributed by atoms with Crippen LogP contribution in [0.3, 0.4) is 0 Å². The van der Waals surface area contributed by atoms with Crippen molar-refractivity contribution >= 4 is 58.6 Å². The molecule has 5 aromatic rings. The quantitative estimate of drug-likeness (QED) is 0.0743. The molecule has 56 heavy (non-hydrogen) atoms. The van der Waals surface area contributed by atoms with Gasteiger partial charge in [0.15, 0.2) is 18.8 Å². The number of ether oxygens (including phenoxy) is 1. The minimum Gasteiger partial charge on any atom is -0.480 e. The molecule has 1 atom stereocenters. The lowest BCUT2D eigenvalue weighted by Crippen LogP contribution is -2.44. The third-order valence-corrected chi connectivity index (χ3v) is 8.50. The molecule has 16 nitrogen and oxygen atoms in total. The highest BCUT2D eigenvalue weighted by atomic mass is 35.5. The fourth-order valence-corrected chi connectivity index (χ4v) is 5.44. The van der Waals surface area contributed by atoms with E-state index in [2.05, 4.69) is 46.5 Å². The summed E-state index contributed by atoms with van der Waals surface area (Å²) in [5.74, 6) is -3.92. The first kappa shape index (κ1) is 38.9. The Morgan fingerprint density at radius 3 is 2.32 bits per heavy atom. The van der Waals surface area contributed by atoms with Gasteiger partial charge >= 0.3 is 30.0 Å². The Bertz CT molecular complexity index is 2200. The minimum atomic E-state index is -4.65. The van der Waals surface area contributed by atoms with E-state index in [0.717, 1.165) is 5.56 Å². The van der Waals surface area contributed by atoms with E-state index in [4.69, 9.17) is 20.8 Å². The fourth-order valence-electron chi connectivity index (χ4n) is 5.31. The predicted octanol–water partition coefficient (Wildman–Crippen LogP) is 5.29. The molecule has 1 fully saturated rings. The van der Waals surface area contributed by atoms with Crippen molar-refractivity contribution in [2.75, 3.05) is 29.1 Å². The third kappa shape index (κ3) is 10.5. The molecule has 6 N–H and O–H groups in total. The second-order valence-corrected chi connectivity index (χ2v) is 12.8.